The van der Waals surface area contributed by atoms with Crippen molar-refractivity contribution in [3.05, 3.63) is 52.5 Å². The highest BCUT2D eigenvalue weighted by Crippen LogP contribution is 2.39. The van der Waals surface area contributed by atoms with E-state index in [1.165, 1.54) is 25.3 Å². The quantitative estimate of drug-likeness (QED) is 0.671. The van der Waals surface area contributed by atoms with Gasteiger partial charge in [-0.05, 0) is 41.3 Å². The molecule has 0 saturated carbocycles. The Balaban J connectivity index is 1.92. The molecule has 10 heteroatoms. The zero-order valence-electron chi connectivity index (χ0n) is 18.4. The number of nitrogens with one attached hydrogen (secondary N) is 1. The molecule has 0 aromatic heterocycles. The van der Waals surface area contributed by atoms with Crippen molar-refractivity contribution in [2.24, 2.45) is 0 Å². The minimum Gasteiger partial charge on any atom is -0.476 e. The van der Waals surface area contributed by atoms with E-state index in [-0.39, 0.29) is 34.0 Å². The van der Waals surface area contributed by atoms with Gasteiger partial charge in [0.25, 0.3) is 5.91 Å². The van der Waals surface area contributed by atoms with Crippen LogP contribution < -0.4 is 14.4 Å². The summed E-state index contributed by atoms with van der Waals surface area (Å²) in [4.78, 5) is 24.7. The van der Waals surface area contributed by atoms with Crippen molar-refractivity contribution < 1.29 is 27.5 Å². The number of anilines is 2. The molecule has 8 nitrogen and oxygen atoms in total. The Morgan fingerprint density at radius 1 is 1.19 bits per heavy atom. The van der Waals surface area contributed by atoms with Gasteiger partial charge in [0, 0.05) is 0 Å². The first-order valence-corrected chi connectivity index (χ1v) is 12.0. The summed E-state index contributed by atoms with van der Waals surface area (Å²) in [6, 6.07) is 9.58. The number of sulfonamides is 1. The van der Waals surface area contributed by atoms with Gasteiger partial charge in [-0.3, -0.25) is 9.10 Å². The van der Waals surface area contributed by atoms with E-state index in [0.29, 0.717) is 5.69 Å². The molecule has 1 unspecified atom stereocenters. The second-order valence-electron chi connectivity index (χ2n) is 8.51. The Bertz CT molecular complexity index is 1170. The first-order valence-electron chi connectivity index (χ1n) is 9.79. The number of hydrogen-bond acceptors (Lipinski definition) is 6. The fourth-order valence-electron chi connectivity index (χ4n) is 3.25. The third kappa shape index (κ3) is 4.99. The van der Waals surface area contributed by atoms with Crippen LogP contribution in [0.4, 0.5) is 11.4 Å². The summed E-state index contributed by atoms with van der Waals surface area (Å²) >= 11 is 6.16. The number of carbonyl (C=O) groups excluding carboxylic acids is 2. The second-order valence-corrected chi connectivity index (χ2v) is 10.8. The lowest BCUT2D eigenvalue weighted by Gasteiger charge is -2.35. The van der Waals surface area contributed by atoms with Crippen molar-refractivity contribution in [3.8, 4) is 5.75 Å². The number of amides is 1. The summed E-state index contributed by atoms with van der Waals surface area (Å²) in [5.74, 6) is -0.907. The van der Waals surface area contributed by atoms with Gasteiger partial charge in [0.05, 0.1) is 41.9 Å². The van der Waals surface area contributed by atoms with Crippen molar-refractivity contribution >= 4 is 44.9 Å². The van der Waals surface area contributed by atoms with E-state index in [2.05, 4.69) is 10.1 Å². The number of carbonyl (C=O) groups is 2. The highest BCUT2D eigenvalue weighted by molar-refractivity contribution is 7.92. The number of methoxy groups -OCH3 is 1. The minimum atomic E-state index is -3.68. The normalized spacial score (nSPS) is 16.1. The zero-order chi connectivity index (χ0) is 23.8. The summed E-state index contributed by atoms with van der Waals surface area (Å²) in [6.45, 7) is 5.85. The topological polar surface area (TPSA) is 102 Å². The van der Waals surface area contributed by atoms with Gasteiger partial charge in [-0.2, -0.15) is 0 Å². The van der Waals surface area contributed by atoms with Crippen molar-refractivity contribution in [1.29, 1.82) is 0 Å². The van der Waals surface area contributed by atoms with Crippen molar-refractivity contribution in [2.45, 2.75) is 32.3 Å². The van der Waals surface area contributed by atoms with Gasteiger partial charge >= 0.3 is 5.97 Å². The maximum absolute atomic E-state index is 12.9. The van der Waals surface area contributed by atoms with Gasteiger partial charge in [-0.15, -0.1) is 0 Å². The van der Waals surface area contributed by atoms with Gasteiger partial charge in [-0.25, -0.2) is 13.2 Å². The molecular weight excluding hydrogens is 456 g/mol. The van der Waals surface area contributed by atoms with Crippen LogP contribution in [0.5, 0.6) is 5.75 Å². The van der Waals surface area contributed by atoms with Crippen LogP contribution in [-0.2, 0) is 25.0 Å². The van der Waals surface area contributed by atoms with Crippen LogP contribution in [-0.4, -0.2) is 46.3 Å². The van der Waals surface area contributed by atoms with Crippen LogP contribution in [0.1, 0.15) is 36.7 Å². The lowest BCUT2D eigenvalue weighted by Crippen LogP contribution is -2.48. The second kappa shape index (κ2) is 8.63. The minimum absolute atomic E-state index is 0.183. The molecule has 0 spiro atoms. The molecule has 2 aromatic rings. The Labute approximate surface area is 192 Å². The molecule has 0 aliphatic carbocycles. The molecule has 0 fully saturated rings. The summed E-state index contributed by atoms with van der Waals surface area (Å²) in [5, 5.41) is 2.82. The number of ether oxygens (including phenoxy) is 2. The van der Waals surface area contributed by atoms with E-state index < -0.39 is 28.0 Å². The predicted octanol–water partition coefficient (Wildman–Crippen LogP) is 3.59. The number of halogens is 1. The molecule has 172 valence electrons. The number of esters is 1. The van der Waals surface area contributed by atoms with Gasteiger partial charge < -0.3 is 14.8 Å². The molecular formula is C22H25ClN2O6S. The maximum Gasteiger partial charge on any atom is 0.337 e. The molecule has 0 radical (unpaired) electrons. The first-order chi connectivity index (χ1) is 14.8. The largest absolute Gasteiger partial charge is 0.476 e. The fourth-order valence-corrected chi connectivity index (χ4v) is 4.32. The SMILES string of the molecule is COC(=O)c1ccc(Cl)c(NC(=O)C2CN(S(C)(=O)=O)c3cc(C(C)(C)C)ccc3O2)c1. The number of nitrogens with zero attached hydrogens (tertiary/aromatic N) is 1. The average Bonchev–Trinajstić information content (AvgIpc) is 2.72. The van der Waals surface area contributed by atoms with E-state index in [1.807, 2.05) is 26.8 Å². The average molecular weight is 481 g/mol. The lowest BCUT2D eigenvalue weighted by atomic mass is 9.86. The smallest absolute Gasteiger partial charge is 0.337 e. The monoisotopic (exact) mass is 480 g/mol. The maximum atomic E-state index is 12.9. The molecule has 3 rings (SSSR count). The molecule has 1 N–H and O–H groups in total. The summed E-state index contributed by atoms with van der Waals surface area (Å²) in [7, 11) is -2.44. The summed E-state index contributed by atoms with van der Waals surface area (Å²) < 4.78 is 36.7. The van der Waals surface area contributed by atoms with E-state index >= 15 is 0 Å². The van der Waals surface area contributed by atoms with Crippen LogP contribution in [0.3, 0.4) is 0 Å². The lowest BCUT2D eigenvalue weighted by molar-refractivity contribution is -0.122. The van der Waals surface area contributed by atoms with Gasteiger partial charge in [0.2, 0.25) is 10.0 Å². The Hall–Kier alpha value is -2.78. The number of benzene rings is 2. The Morgan fingerprint density at radius 3 is 2.47 bits per heavy atom. The molecule has 1 aliphatic rings. The van der Waals surface area contributed by atoms with Crippen LogP contribution in [0, 0.1) is 0 Å². The van der Waals surface area contributed by atoms with Gasteiger partial charge in [0.15, 0.2) is 6.10 Å². The van der Waals surface area contributed by atoms with Crippen molar-refractivity contribution in [1.82, 2.24) is 0 Å². The predicted molar refractivity (Wildman–Crippen MR) is 123 cm³/mol. The van der Waals surface area contributed by atoms with E-state index in [0.717, 1.165) is 16.1 Å². The highest BCUT2D eigenvalue weighted by atomic mass is 35.5. The first kappa shape index (κ1) is 23.9. The highest BCUT2D eigenvalue weighted by Gasteiger charge is 2.36. The molecule has 0 saturated heterocycles. The summed E-state index contributed by atoms with van der Waals surface area (Å²) in [5.41, 5.74) is 1.50. The molecule has 2 aromatic carbocycles. The fraction of sp³-hybridized carbons (Fsp3) is 0.364. The molecule has 1 heterocycles. The molecule has 32 heavy (non-hydrogen) atoms. The van der Waals surface area contributed by atoms with Crippen LogP contribution in [0.2, 0.25) is 5.02 Å². The Morgan fingerprint density at radius 2 is 1.88 bits per heavy atom. The number of rotatable bonds is 4. The summed E-state index contributed by atoms with van der Waals surface area (Å²) in [6.07, 6.45) is -0.0482. The molecule has 1 amide bonds. The van der Waals surface area contributed by atoms with Crippen molar-refractivity contribution in [2.75, 3.05) is 29.5 Å². The van der Waals surface area contributed by atoms with Gasteiger partial charge in [0.1, 0.15) is 5.75 Å². The third-order valence-corrected chi connectivity index (χ3v) is 6.51. The van der Waals surface area contributed by atoms with Crippen molar-refractivity contribution in [3.63, 3.8) is 0 Å². The number of fused-ring (bicyclic) bond motifs is 1. The molecule has 0 bridgehead atoms. The Kier molecular flexibility index (Phi) is 6.44. The zero-order valence-corrected chi connectivity index (χ0v) is 20.0. The van der Waals surface area contributed by atoms with Gasteiger partial charge in [-0.1, -0.05) is 38.4 Å². The standard InChI is InChI=1S/C22H25ClN2O6S/c1-22(2,3)14-7-9-18-17(11-14)25(32(5,28)29)12-19(31-18)20(26)24-16-10-13(21(27)30-4)6-8-15(16)23/h6-11,19H,12H2,1-5H3,(H,24,26). The molecule has 1 atom stereocenters. The number of hydrogen-bond donors (Lipinski definition) is 1. The van der Waals surface area contributed by atoms with Crippen LogP contribution in [0.15, 0.2) is 36.4 Å². The van der Waals surface area contributed by atoms with E-state index in [4.69, 9.17) is 16.3 Å². The van der Waals surface area contributed by atoms with E-state index in [9.17, 15) is 18.0 Å². The van der Waals surface area contributed by atoms with E-state index in [1.54, 1.807) is 12.1 Å². The van der Waals surface area contributed by atoms with Crippen LogP contribution in [0.25, 0.3) is 0 Å². The molecule has 1 aliphatic heterocycles. The third-order valence-electron chi connectivity index (χ3n) is 5.03. The van der Waals surface area contributed by atoms with Crippen LogP contribution >= 0.6 is 11.6 Å².